The molecule has 3 aromatic rings. The summed E-state index contributed by atoms with van der Waals surface area (Å²) in [5.74, 6) is -2.18. The van der Waals surface area contributed by atoms with Crippen LogP contribution >= 0.6 is 0 Å². The van der Waals surface area contributed by atoms with Gasteiger partial charge in [0.2, 0.25) is 16.0 Å². The van der Waals surface area contributed by atoms with E-state index in [1.54, 1.807) is 19.3 Å². The van der Waals surface area contributed by atoms with Gasteiger partial charge in [0.1, 0.15) is 29.3 Å². The van der Waals surface area contributed by atoms with Gasteiger partial charge in [-0.3, -0.25) is 9.29 Å². The molecule has 3 heterocycles. The van der Waals surface area contributed by atoms with Crippen LogP contribution < -0.4 is 4.72 Å². The number of aromatic nitrogens is 5. The highest BCUT2D eigenvalue weighted by Gasteiger charge is 2.34. The Morgan fingerprint density at radius 2 is 1.82 bits per heavy atom. The standard InChI is InChI=1S/C21H24F2N6O3S/c1-12-10-24-19(25-11-12)13(2)14(3)33(30,31)28-21-27-26-20(17-8-5-9-32-17)29(21)18-15(22)6-4-7-16(18)23/h4,6-7,10-11,13-14,17H,5,8-9H2,1-3H3,(H,27,28)/t13?,14?,17-/m1/s1. The van der Waals surface area contributed by atoms with Crippen molar-refractivity contribution in [3.63, 3.8) is 0 Å². The van der Waals surface area contributed by atoms with Crippen LogP contribution in [0.25, 0.3) is 5.69 Å². The van der Waals surface area contributed by atoms with Gasteiger partial charge in [0.15, 0.2) is 5.82 Å². The minimum atomic E-state index is -4.08. The first-order chi connectivity index (χ1) is 15.7. The number of anilines is 1. The first-order valence-corrected chi connectivity index (χ1v) is 12.0. The van der Waals surface area contributed by atoms with Crippen LogP contribution in [0.1, 0.15) is 55.9 Å². The van der Waals surface area contributed by atoms with E-state index in [1.807, 2.05) is 6.92 Å². The normalized spacial score (nSPS) is 18.3. The highest BCUT2D eigenvalue weighted by molar-refractivity contribution is 7.93. The zero-order valence-electron chi connectivity index (χ0n) is 18.4. The van der Waals surface area contributed by atoms with Crippen LogP contribution in [0.5, 0.6) is 0 Å². The van der Waals surface area contributed by atoms with E-state index < -0.39 is 44.6 Å². The van der Waals surface area contributed by atoms with E-state index >= 15 is 0 Å². The van der Waals surface area contributed by atoms with Crippen molar-refractivity contribution in [3.8, 4) is 5.69 Å². The molecule has 0 spiro atoms. The summed E-state index contributed by atoms with van der Waals surface area (Å²) in [6.45, 7) is 5.48. The van der Waals surface area contributed by atoms with Gasteiger partial charge >= 0.3 is 0 Å². The van der Waals surface area contributed by atoms with Crippen LogP contribution in [0.3, 0.4) is 0 Å². The van der Waals surface area contributed by atoms with E-state index in [2.05, 4.69) is 24.9 Å². The molecule has 1 aliphatic heterocycles. The van der Waals surface area contributed by atoms with Crippen molar-refractivity contribution in [2.45, 2.75) is 50.9 Å². The van der Waals surface area contributed by atoms with Crippen molar-refractivity contribution in [2.75, 3.05) is 11.3 Å². The largest absolute Gasteiger partial charge is 0.370 e. The summed E-state index contributed by atoms with van der Waals surface area (Å²) in [5.41, 5.74) is 0.370. The van der Waals surface area contributed by atoms with Gasteiger partial charge in [-0.15, -0.1) is 10.2 Å². The van der Waals surface area contributed by atoms with Crippen LogP contribution in [0.15, 0.2) is 30.6 Å². The molecule has 0 saturated carbocycles. The monoisotopic (exact) mass is 478 g/mol. The molecule has 2 unspecified atom stereocenters. The van der Waals surface area contributed by atoms with E-state index in [9.17, 15) is 17.2 Å². The van der Waals surface area contributed by atoms with Gasteiger partial charge < -0.3 is 4.74 Å². The van der Waals surface area contributed by atoms with Crippen molar-refractivity contribution in [3.05, 3.63) is 59.4 Å². The molecule has 9 nitrogen and oxygen atoms in total. The molecule has 2 aromatic heterocycles. The van der Waals surface area contributed by atoms with E-state index in [0.29, 0.717) is 18.9 Å². The van der Waals surface area contributed by atoms with Crippen LogP contribution in [-0.2, 0) is 14.8 Å². The second-order valence-electron chi connectivity index (χ2n) is 8.05. The maximum absolute atomic E-state index is 14.7. The summed E-state index contributed by atoms with van der Waals surface area (Å²) in [5, 5.41) is 6.94. The number of ether oxygens (including phenoxy) is 1. The molecule has 12 heteroatoms. The summed E-state index contributed by atoms with van der Waals surface area (Å²) in [6, 6.07) is 3.38. The quantitative estimate of drug-likeness (QED) is 0.554. The Hall–Kier alpha value is -2.99. The highest BCUT2D eigenvalue weighted by Crippen LogP contribution is 2.33. The van der Waals surface area contributed by atoms with Crippen LogP contribution in [-0.4, -0.2) is 45.0 Å². The zero-order valence-corrected chi connectivity index (χ0v) is 19.2. The Bertz CT molecular complexity index is 1220. The molecule has 1 N–H and O–H groups in total. The molecule has 0 amide bonds. The molecule has 0 radical (unpaired) electrons. The average Bonchev–Trinajstić information content (AvgIpc) is 3.43. The van der Waals surface area contributed by atoms with Crippen molar-refractivity contribution in [1.29, 1.82) is 0 Å². The van der Waals surface area contributed by atoms with E-state index in [4.69, 9.17) is 4.74 Å². The van der Waals surface area contributed by atoms with E-state index in [0.717, 1.165) is 28.7 Å². The van der Waals surface area contributed by atoms with Gasteiger partial charge in [-0.1, -0.05) is 13.0 Å². The topological polar surface area (TPSA) is 112 Å². The molecule has 176 valence electrons. The lowest BCUT2D eigenvalue weighted by molar-refractivity contribution is 0.103. The molecule has 4 rings (SSSR count). The van der Waals surface area contributed by atoms with E-state index in [-0.39, 0.29) is 11.8 Å². The minimum absolute atomic E-state index is 0.122. The number of rotatable bonds is 7. The summed E-state index contributed by atoms with van der Waals surface area (Å²) in [6.07, 6.45) is 3.96. The molecule has 1 fully saturated rings. The number of benzene rings is 1. The Morgan fingerprint density at radius 1 is 1.15 bits per heavy atom. The molecule has 1 aromatic carbocycles. The predicted molar refractivity (Wildman–Crippen MR) is 116 cm³/mol. The van der Waals surface area contributed by atoms with Gasteiger partial charge in [-0.25, -0.2) is 27.2 Å². The third-order valence-corrected chi connectivity index (χ3v) is 7.56. The summed E-state index contributed by atoms with van der Waals surface area (Å²) >= 11 is 0. The average molecular weight is 479 g/mol. The third kappa shape index (κ3) is 4.58. The van der Waals surface area contributed by atoms with Crippen molar-refractivity contribution in [2.24, 2.45) is 0 Å². The Balaban J connectivity index is 1.72. The zero-order chi connectivity index (χ0) is 23.8. The number of hydrogen-bond donors (Lipinski definition) is 1. The minimum Gasteiger partial charge on any atom is -0.370 e. The molecule has 0 aliphatic carbocycles. The number of nitrogens with zero attached hydrogens (tertiary/aromatic N) is 5. The smallest absolute Gasteiger partial charge is 0.243 e. The number of sulfonamides is 1. The third-order valence-electron chi connectivity index (χ3n) is 5.70. The number of hydrogen-bond acceptors (Lipinski definition) is 7. The first kappa shape index (κ1) is 23.2. The molecule has 1 saturated heterocycles. The van der Waals surface area contributed by atoms with Crippen LogP contribution in [0.4, 0.5) is 14.7 Å². The molecule has 0 bridgehead atoms. The maximum Gasteiger partial charge on any atom is 0.243 e. The Morgan fingerprint density at radius 3 is 2.42 bits per heavy atom. The number of aryl methyl sites for hydroxylation is 1. The van der Waals surface area contributed by atoms with E-state index in [1.165, 1.54) is 13.0 Å². The van der Waals surface area contributed by atoms with Crippen molar-refractivity contribution < 1.29 is 21.9 Å². The predicted octanol–water partition coefficient (Wildman–Crippen LogP) is 3.43. The lowest BCUT2D eigenvalue weighted by atomic mass is 10.1. The molecular formula is C21H24F2N6O3S. The Kier molecular flexibility index (Phi) is 6.39. The fourth-order valence-corrected chi connectivity index (χ4v) is 4.84. The highest BCUT2D eigenvalue weighted by atomic mass is 32.2. The number of nitrogens with one attached hydrogen (secondary N) is 1. The fourth-order valence-electron chi connectivity index (χ4n) is 3.61. The molecule has 3 atom stereocenters. The first-order valence-electron chi connectivity index (χ1n) is 10.5. The van der Waals surface area contributed by atoms with Gasteiger partial charge in [-0.05, 0) is 44.4 Å². The summed E-state index contributed by atoms with van der Waals surface area (Å²) in [4.78, 5) is 8.42. The van der Waals surface area contributed by atoms with Gasteiger partial charge in [-0.2, -0.15) is 0 Å². The van der Waals surface area contributed by atoms with Crippen molar-refractivity contribution >= 4 is 16.0 Å². The molecular weight excluding hydrogens is 454 g/mol. The number of halogens is 2. The maximum atomic E-state index is 14.7. The fraction of sp³-hybridized carbons (Fsp3) is 0.429. The summed E-state index contributed by atoms with van der Waals surface area (Å²) < 4.78 is 64.8. The molecule has 33 heavy (non-hydrogen) atoms. The Labute approximate surface area is 190 Å². The van der Waals surface area contributed by atoms with Crippen LogP contribution in [0.2, 0.25) is 0 Å². The van der Waals surface area contributed by atoms with Gasteiger partial charge in [0.25, 0.3) is 0 Å². The van der Waals surface area contributed by atoms with Gasteiger partial charge in [0.05, 0.1) is 5.25 Å². The van der Waals surface area contributed by atoms with Crippen LogP contribution in [0, 0.1) is 18.6 Å². The van der Waals surface area contributed by atoms with Crippen molar-refractivity contribution in [1.82, 2.24) is 24.7 Å². The summed E-state index contributed by atoms with van der Waals surface area (Å²) in [7, 11) is -4.08. The molecule has 1 aliphatic rings. The number of para-hydroxylation sites is 1. The van der Waals surface area contributed by atoms with Gasteiger partial charge in [0, 0.05) is 24.9 Å². The second kappa shape index (κ2) is 9.10. The lowest BCUT2D eigenvalue weighted by Gasteiger charge is -2.21. The second-order valence-corrected chi connectivity index (χ2v) is 10.1. The SMILES string of the molecule is Cc1cnc(C(C)C(C)S(=O)(=O)Nc2nnc([C@H]3CCCO3)n2-c2c(F)cccc2F)nc1. The lowest BCUT2D eigenvalue weighted by Crippen LogP contribution is -2.31.